The predicted octanol–water partition coefficient (Wildman–Crippen LogP) is 3.10. The summed E-state index contributed by atoms with van der Waals surface area (Å²) in [5, 5.41) is 12.7. The molecule has 1 saturated heterocycles. The van der Waals surface area contributed by atoms with Crippen molar-refractivity contribution in [3.63, 3.8) is 0 Å². The van der Waals surface area contributed by atoms with Crippen LogP contribution in [0.25, 0.3) is 0 Å². The van der Waals surface area contributed by atoms with E-state index in [9.17, 15) is 9.90 Å². The summed E-state index contributed by atoms with van der Waals surface area (Å²) in [6.45, 7) is 9.23. The summed E-state index contributed by atoms with van der Waals surface area (Å²) in [7, 11) is 0. The second-order valence-corrected chi connectivity index (χ2v) is 9.00. The highest BCUT2D eigenvalue weighted by Gasteiger charge is 2.50. The number of hydrogen-bond donors (Lipinski definition) is 2. The van der Waals surface area contributed by atoms with Gasteiger partial charge in [-0.3, -0.25) is 10.1 Å². The molecular formula is C14H25NO2S. The molecule has 1 aliphatic heterocycles. The number of aliphatic carboxylic acids is 1. The molecule has 0 aromatic rings. The second-order valence-electron chi connectivity index (χ2n) is 7.53. The van der Waals surface area contributed by atoms with E-state index >= 15 is 0 Å². The van der Waals surface area contributed by atoms with Crippen molar-refractivity contribution in [3.05, 3.63) is 0 Å². The first-order chi connectivity index (χ1) is 8.13. The number of carbonyl (C=O) groups is 1. The molecule has 2 rings (SSSR count). The third kappa shape index (κ3) is 3.02. The smallest absolute Gasteiger partial charge is 0.320 e. The maximum Gasteiger partial charge on any atom is 0.320 e. The molecule has 1 atom stereocenters. The Bertz CT molecular complexity index is 336. The van der Waals surface area contributed by atoms with Crippen LogP contribution in [0.2, 0.25) is 0 Å². The summed E-state index contributed by atoms with van der Waals surface area (Å²) in [5.41, 5.74) is 0.560. The van der Waals surface area contributed by atoms with Gasteiger partial charge < -0.3 is 5.11 Å². The van der Waals surface area contributed by atoms with E-state index in [4.69, 9.17) is 0 Å². The van der Waals surface area contributed by atoms with E-state index in [1.54, 1.807) is 0 Å². The quantitative estimate of drug-likeness (QED) is 0.769. The number of carboxylic acid groups (broad SMARTS) is 1. The molecule has 2 N–H and O–H groups in total. The highest BCUT2D eigenvalue weighted by atomic mass is 32.2. The molecule has 1 aliphatic carbocycles. The topological polar surface area (TPSA) is 49.3 Å². The Morgan fingerprint density at radius 3 is 2.22 bits per heavy atom. The molecule has 2 aliphatic rings. The van der Waals surface area contributed by atoms with Gasteiger partial charge in [-0.05, 0) is 42.3 Å². The number of rotatable bonds is 1. The second kappa shape index (κ2) is 4.41. The SMILES string of the molecule is CC1(C)CC(C)(C)CC2(C1)NC(C(=O)O)CCS2. The first kappa shape index (κ1) is 14.2. The van der Waals surface area contributed by atoms with Crippen molar-refractivity contribution in [3.8, 4) is 0 Å². The molecule has 4 heteroatoms. The van der Waals surface area contributed by atoms with E-state index in [-0.39, 0.29) is 21.7 Å². The molecule has 18 heavy (non-hydrogen) atoms. The minimum absolute atomic E-state index is 0.0352. The largest absolute Gasteiger partial charge is 0.480 e. The first-order valence-corrected chi connectivity index (χ1v) is 7.76. The molecule has 0 aromatic carbocycles. The molecule has 1 unspecified atom stereocenters. The fraction of sp³-hybridized carbons (Fsp3) is 0.929. The summed E-state index contributed by atoms with van der Waals surface area (Å²) in [6, 6.07) is -0.365. The fourth-order valence-electron chi connectivity index (χ4n) is 4.22. The summed E-state index contributed by atoms with van der Waals surface area (Å²) < 4.78 is 0. The van der Waals surface area contributed by atoms with Gasteiger partial charge in [-0.1, -0.05) is 27.7 Å². The van der Waals surface area contributed by atoms with Gasteiger partial charge >= 0.3 is 5.97 Å². The van der Waals surface area contributed by atoms with Gasteiger partial charge in [-0.15, -0.1) is 11.8 Å². The minimum atomic E-state index is -0.698. The molecule has 104 valence electrons. The van der Waals surface area contributed by atoms with Crippen LogP contribution in [0.15, 0.2) is 0 Å². The van der Waals surface area contributed by atoms with Crippen LogP contribution in [0, 0.1) is 10.8 Å². The molecule has 3 nitrogen and oxygen atoms in total. The van der Waals surface area contributed by atoms with Gasteiger partial charge in [0, 0.05) is 0 Å². The molecule has 0 amide bonds. The molecule has 1 saturated carbocycles. The van der Waals surface area contributed by atoms with Crippen molar-refractivity contribution in [2.45, 2.75) is 64.3 Å². The average molecular weight is 271 g/mol. The highest BCUT2D eigenvalue weighted by molar-refractivity contribution is 8.00. The fourth-order valence-corrected chi connectivity index (χ4v) is 6.18. The van der Waals surface area contributed by atoms with E-state index < -0.39 is 5.97 Å². The van der Waals surface area contributed by atoms with Gasteiger partial charge in [-0.25, -0.2) is 0 Å². The van der Waals surface area contributed by atoms with Gasteiger partial charge in [0.2, 0.25) is 0 Å². The maximum atomic E-state index is 11.2. The Balaban J connectivity index is 2.21. The van der Waals surface area contributed by atoms with Crippen molar-refractivity contribution in [2.75, 3.05) is 5.75 Å². The number of carboxylic acids is 1. The van der Waals surface area contributed by atoms with E-state index in [0.29, 0.717) is 0 Å². The molecule has 0 aromatic heterocycles. The summed E-state index contributed by atoms with van der Waals surface area (Å²) in [6.07, 6.45) is 4.08. The molecule has 1 spiro atoms. The molecule has 2 fully saturated rings. The van der Waals surface area contributed by atoms with Gasteiger partial charge in [0.15, 0.2) is 0 Å². The minimum Gasteiger partial charge on any atom is -0.480 e. The predicted molar refractivity (Wildman–Crippen MR) is 75.8 cm³/mol. The number of hydrogen-bond acceptors (Lipinski definition) is 3. The zero-order chi connectivity index (χ0) is 13.6. The monoisotopic (exact) mass is 271 g/mol. The van der Waals surface area contributed by atoms with Crippen LogP contribution >= 0.6 is 11.8 Å². The maximum absolute atomic E-state index is 11.2. The van der Waals surface area contributed by atoms with Crippen LogP contribution in [-0.2, 0) is 4.79 Å². The summed E-state index contributed by atoms with van der Waals surface area (Å²) in [4.78, 5) is 11.2. The highest BCUT2D eigenvalue weighted by Crippen LogP contribution is 2.55. The number of nitrogens with one attached hydrogen (secondary N) is 1. The lowest BCUT2D eigenvalue weighted by molar-refractivity contribution is -0.140. The van der Waals surface area contributed by atoms with Gasteiger partial charge in [0.25, 0.3) is 0 Å². The standard InChI is InChI=1S/C14H25NO2S/c1-12(2)7-13(3,4)9-14(8-12)15-10(11(16)17)5-6-18-14/h10,15H,5-9H2,1-4H3,(H,16,17). The lowest BCUT2D eigenvalue weighted by Gasteiger charge is -2.54. The van der Waals surface area contributed by atoms with Crippen LogP contribution in [0.5, 0.6) is 0 Å². The zero-order valence-electron chi connectivity index (χ0n) is 11.9. The Morgan fingerprint density at radius 1 is 1.17 bits per heavy atom. The first-order valence-electron chi connectivity index (χ1n) is 6.78. The van der Waals surface area contributed by atoms with Gasteiger partial charge in [-0.2, -0.15) is 0 Å². The molecule has 0 radical (unpaired) electrons. The van der Waals surface area contributed by atoms with Crippen LogP contribution in [0.3, 0.4) is 0 Å². The normalized spacial score (nSPS) is 33.2. The lowest BCUT2D eigenvalue weighted by Crippen LogP contribution is -2.60. The Morgan fingerprint density at radius 2 is 1.72 bits per heavy atom. The number of thioether (sulfide) groups is 1. The van der Waals surface area contributed by atoms with Crippen molar-refractivity contribution >= 4 is 17.7 Å². The van der Waals surface area contributed by atoms with Crippen LogP contribution in [0.1, 0.15) is 53.4 Å². The molecule has 1 heterocycles. The van der Waals surface area contributed by atoms with Crippen molar-refractivity contribution in [2.24, 2.45) is 10.8 Å². The molecule has 0 bridgehead atoms. The zero-order valence-corrected chi connectivity index (χ0v) is 12.7. The van der Waals surface area contributed by atoms with Crippen LogP contribution < -0.4 is 5.32 Å². The summed E-state index contributed by atoms with van der Waals surface area (Å²) >= 11 is 1.94. The van der Waals surface area contributed by atoms with E-state index in [1.165, 1.54) is 6.42 Å². The molecular weight excluding hydrogens is 246 g/mol. The van der Waals surface area contributed by atoms with Gasteiger partial charge in [0.1, 0.15) is 6.04 Å². The van der Waals surface area contributed by atoms with Crippen LogP contribution in [-0.4, -0.2) is 27.7 Å². The van der Waals surface area contributed by atoms with E-state index in [0.717, 1.165) is 25.0 Å². The third-order valence-electron chi connectivity index (χ3n) is 4.01. The van der Waals surface area contributed by atoms with Gasteiger partial charge in [0.05, 0.1) is 4.87 Å². The Hall–Kier alpha value is -0.220. The summed E-state index contributed by atoms with van der Waals surface area (Å²) in [5.74, 6) is 0.256. The van der Waals surface area contributed by atoms with Crippen molar-refractivity contribution in [1.29, 1.82) is 0 Å². The Labute approximate surface area is 114 Å². The third-order valence-corrected chi connectivity index (χ3v) is 5.40. The van der Waals surface area contributed by atoms with Crippen molar-refractivity contribution < 1.29 is 9.90 Å². The van der Waals surface area contributed by atoms with E-state index in [2.05, 4.69) is 33.0 Å². The lowest BCUT2D eigenvalue weighted by atomic mass is 9.63. The van der Waals surface area contributed by atoms with Crippen LogP contribution in [0.4, 0.5) is 0 Å². The Kier molecular flexibility index (Phi) is 3.48. The van der Waals surface area contributed by atoms with E-state index in [1.807, 2.05) is 11.8 Å². The van der Waals surface area contributed by atoms with Crippen molar-refractivity contribution in [1.82, 2.24) is 5.32 Å². The average Bonchev–Trinajstić information content (AvgIpc) is 2.11.